The van der Waals surface area contributed by atoms with Gasteiger partial charge in [0.2, 0.25) is 0 Å². The first kappa shape index (κ1) is 11.0. The Morgan fingerprint density at radius 1 is 1.38 bits per heavy atom. The molecule has 3 heteroatoms. The Morgan fingerprint density at radius 3 is 2.46 bits per heavy atom. The number of hydrogen-bond acceptors (Lipinski definition) is 3. The van der Waals surface area contributed by atoms with E-state index in [1.807, 2.05) is 0 Å². The lowest BCUT2D eigenvalue weighted by atomic mass is 10.0. The Hall–Kier alpha value is -0.120. The van der Waals surface area contributed by atoms with E-state index >= 15 is 0 Å². The Kier molecular flexibility index (Phi) is 3.71. The van der Waals surface area contributed by atoms with Crippen molar-refractivity contribution in [2.75, 3.05) is 32.8 Å². The topological polar surface area (TPSA) is 32.7 Å². The molecule has 78 valence electrons. The van der Waals surface area contributed by atoms with Gasteiger partial charge in [-0.1, -0.05) is 0 Å². The van der Waals surface area contributed by atoms with Crippen LogP contribution in [0.1, 0.15) is 20.8 Å². The summed E-state index contributed by atoms with van der Waals surface area (Å²) in [5.41, 5.74) is -0.0265. The third-order valence-electron chi connectivity index (χ3n) is 2.23. The van der Waals surface area contributed by atoms with Gasteiger partial charge in [-0.2, -0.15) is 0 Å². The van der Waals surface area contributed by atoms with Gasteiger partial charge in [-0.05, 0) is 20.8 Å². The van der Waals surface area contributed by atoms with E-state index in [0.717, 1.165) is 26.2 Å². The van der Waals surface area contributed by atoms with E-state index in [9.17, 15) is 0 Å². The van der Waals surface area contributed by atoms with Gasteiger partial charge in [-0.3, -0.25) is 0 Å². The van der Waals surface area contributed by atoms with Gasteiger partial charge in [-0.25, -0.2) is 0 Å². The van der Waals surface area contributed by atoms with Crippen molar-refractivity contribution in [1.82, 2.24) is 4.90 Å². The molecule has 0 unspecified atom stereocenters. The SMILES string of the molecule is CC(C)(C)OCCN1CC(CO)C1. The van der Waals surface area contributed by atoms with E-state index < -0.39 is 0 Å². The molecule has 1 rings (SSSR count). The number of aliphatic hydroxyl groups excluding tert-OH is 1. The highest BCUT2D eigenvalue weighted by Crippen LogP contribution is 2.14. The molecule has 1 fully saturated rings. The van der Waals surface area contributed by atoms with Crippen LogP contribution in [0.4, 0.5) is 0 Å². The van der Waals surface area contributed by atoms with E-state index in [0.29, 0.717) is 12.5 Å². The number of hydrogen-bond donors (Lipinski definition) is 1. The summed E-state index contributed by atoms with van der Waals surface area (Å²) in [6, 6.07) is 0. The van der Waals surface area contributed by atoms with Crippen LogP contribution in [0.15, 0.2) is 0 Å². The van der Waals surface area contributed by atoms with E-state index in [2.05, 4.69) is 25.7 Å². The summed E-state index contributed by atoms with van der Waals surface area (Å²) in [5.74, 6) is 0.509. The van der Waals surface area contributed by atoms with Crippen LogP contribution in [-0.4, -0.2) is 48.5 Å². The van der Waals surface area contributed by atoms with Crippen molar-refractivity contribution in [2.45, 2.75) is 26.4 Å². The number of nitrogens with zero attached hydrogens (tertiary/aromatic N) is 1. The maximum absolute atomic E-state index is 8.80. The predicted octanol–water partition coefficient (Wildman–Crippen LogP) is 0.726. The highest BCUT2D eigenvalue weighted by atomic mass is 16.5. The average molecular weight is 187 g/mol. The zero-order chi connectivity index (χ0) is 9.90. The van der Waals surface area contributed by atoms with Crippen molar-refractivity contribution in [1.29, 1.82) is 0 Å². The van der Waals surface area contributed by atoms with Crippen LogP contribution < -0.4 is 0 Å². The molecule has 0 atom stereocenters. The predicted molar refractivity (Wildman–Crippen MR) is 52.7 cm³/mol. The molecule has 0 aromatic rings. The second kappa shape index (κ2) is 4.40. The van der Waals surface area contributed by atoms with E-state index in [1.54, 1.807) is 0 Å². The van der Waals surface area contributed by atoms with Gasteiger partial charge in [0, 0.05) is 32.2 Å². The van der Waals surface area contributed by atoms with Crippen LogP contribution in [-0.2, 0) is 4.74 Å². The summed E-state index contributed by atoms with van der Waals surface area (Å²) < 4.78 is 5.60. The van der Waals surface area contributed by atoms with Crippen LogP contribution in [0, 0.1) is 5.92 Å². The molecule has 0 bridgehead atoms. The molecular formula is C10H21NO2. The average Bonchev–Trinajstić information content (AvgIpc) is 1.91. The first-order valence-electron chi connectivity index (χ1n) is 4.98. The summed E-state index contributed by atoms with van der Waals surface area (Å²) in [6.45, 7) is 10.4. The van der Waals surface area contributed by atoms with Crippen LogP contribution >= 0.6 is 0 Å². The first-order valence-corrected chi connectivity index (χ1v) is 4.98. The molecule has 1 aliphatic rings. The largest absolute Gasteiger partial charge is 0.396 e. The summed E-state index contributed by atoms with van der Waals surface area (Å²) >= 11 is 0. The standard InChI is InChI=1S/C10H21NO2/c1-10(2,3)13-5-4-11-6-9(7-11)8-12/h9,12H,4-8H2,1-3H3. The lowest BCUT2D eigenvalue weighted by molar-refractivity contribution is -0.0330. The fraction of sp³-hybridized carbons (Fsp3) is 1.00. The number of ether oxygens (including phenoxy) is 1. The lowest BCUT2D eigenvalue weighted by Crippen LogP contribution is -2.49. The Bertz CT molecular complexity index is 147. The molecular weight excluding hydrogens is 166 g/mol. The van der Waals surface area contributed by atoms with Crippen LogP contribution in [0.5, 0.6) is 0 Å². The molecule has 3 nitrogen and oxygen atoms in total. The minimum atomic E-state index is -0.0265. The van der Waals surface area contributed by atoms with Crippen molar-refractivity contribution in [2.24, 2.45) is 5.92 Å². The molecule has 1 aliphatic heterocycles. The molecule has 13 heavy (non-hydrogen) atoms. The monoisotopic (exact) mass is 187 g/mol. The van der Waals surface area contributed by atoms with E-state index in [1.165, 1.54) is 0 Å². The number of rotatable bonds is 4. The Labute approximate surface area is 80.7 Å². The van der Waals surface area contributed by atoms with Gasteiger partial charge in [0.05, 0.1) is 12.2 Å². The van der Waals surface area contributed by atoms with Gasteiger partial charge >= 0.3 is 0 Å². The number of likely N-dealkylation sites (tertiary alicyclic amines) is 1. The quantitative estimate of drug-likeness (QED) is 0.704. The zero-order valence-electron chi connectivity index (χ0n) is 8.92. The fourth-order valence-electron chi connectivity index (χ4n) is 1.46. The van der Waals surface area contributed by atoms with Gasteiger partial charge < -0.3 is 14.7 Å². The third-order valence-corrected chi connectivity index (χ3v) is 2.23. The summed E-state index contributed by atoms with van der Waals surface area (Å²) in [4.78, 5) is 2.31. The minimum absolute atomic E-state index is 0.0265. The van der Waals surface area contributed by atoms with Crippen molar-refractivity contribution in [3.05, 3.63) is 0 Å². The second-order valence-corrected chi connectivity index (χ2v) is 4.77. The minimum Gasteiger partial charge on any atom is -0.396 e. The van der Waals surface area contributed by atoms with Crippen molar-refractivity contribution in [3.8, 4) is 0 Å². The second-order valence-electron chi connectivity index (χ2n) is 4.77. The van der Waals surface area contributed by atoms with Crippen LogP contribution in [0.3, 0.4) is 0 Å². The summed E-state index contributed by atoms with van der Waals surface area (Å²) in [5, 5.41) is 8.80. The van der Waals surface area contributed by atoms with Crippen molar-refractivity contribution in [3.63, 3.8) is 0 Å². The molecule has 0 saturated carbocycles. The smallest absolute Gasteiger partial charge is 0.0600 e. The fourth-order valence-corrected chi connectivity index (χ4v) is 1.46. The maximum Gasteiger partial charge on any atom is 0.0600 e. The van der Waals surface area contributed by atoms with E-state index in [-0.39, 0.29) is 5.60 Å². The lowest BCUT2D eigenvalue weighted by Gasteiger charge is -2.38. The van der Waals surface area contributed by atoms with E-state index in [4.69, 9.17) is 9.84 Å². The van der Waals surface area contributed by atoms with Crippen molar-refractivity contribution >= 4 is 0 Å². The maximum atomic E-state index is 8.80. The van der Waals surface area contributed by atoms with Crippen LogP contribution in [0.25, 0.3) is 0 Å². The molecule has 0 spiro atoms. The van der Waals surface area contributed by atoms with Crippen LogP contribution in [0.2, 0.25) is 0 Å². The van der Waals surface area contributed by atoms with Gasteiger partial charge in [0.15, 0.2) is 0 Å². The summed E-state index contributed by atoms with van der Waals surface area (Å²) in [7, 11) is 0. The zero-order valence-corrected chi connectivity index (χ0v) is 8.92. The molecule has 1 saturated heterocycles. The molecule has 0 amide bonds. The molecule has 0 radical (unpaired) electrons. The normalized spacial score (nSPS) is 20.3. The molecule has 0 aliphatic carbocycles. The Morgan fingerprint density at radius 2 is 2.00 bits per heavy atom. The highest BCUT2D eigenvalue weighted by Gasteiger charge is 2.25. The van der Waals surface area contributed by atoms with Gasteiger partial charge in [0.1, 0.15) is 0 Å². The number of aliphatic hydroxyl groups is 1. The van der Waals surface area contributed by atoms with Crippen molar-refractivity contribution < 1.29 is 9.84 Å². The molecule has 1 heterocycles. The van der Waals surface area contributed by atoms with Gasteiger partial charge in [-0.15, -0.1) is 0 Å². The first-order chi connectivity index (χ1) is 6.01. The van der Waals surface area contributed by atoms with Gasteiger partial charge in [0.25, 0.3) is 0 Å². The summed E-state index contributed by atoms with van der Waals surface area (Å²) in [6.07, 6.45) is 0. The Balaban J connectivity index is 1.97. The highest BCUT2D eigenvalue weighted by molar-refractivity contribution is 4.78. The molecule has 0 aromatic heterocycles. The molecule has 0 aromatic carbocycles. The molecule has 1 N–H and O–H groups in total. The third kappa shape index (κ3) is 4.07.